The molecule has 0 bridgehead atoms. The lowest BCUT2D eigenvalue weighted by Crippen LogP contribution is -2.46. The van der Waals surface area contributed by atoms with Crippen LogP contribution in [0.2, 0.25) is 0 Å². The molecule has 0 saturated carbocycles. The Kier molecular flexibility index (Phi) is 79.9. The third kappa shape index (κ3) is 77.6. The second-order valence-electron chi connectivity index (χ2n) is 31.5. The first kappa shape index (κ1) is 151. The van der Waals surface area contributed by atoms with Gasteiger partial charge in [0.2, 0.25) is 35.4 Å². The van der Waals surface area contributed by atoms with E-state index in [1.54, 1.807) is 6.26 Å². The zero-order valence-corrected chi connectivity index (χ0v) is 88.2. The SMILES string of the molecule is C.CC(=O)[C@H](COS(=O)(=O)O)NC(=O)[C@H](CS)CC(=O)CC[C@H](N)C(=O)O.CC(=O)[C@H](CS)NC(=O)[C@H](COS(=O)(=O)O)CC(=O)CC[C@H](N)C(=O)O.CSSC[C@H](CC(=O)[C@H](COS(=O)(=O)O)NC(=O)CC[C@H](N)C(C)=O)C(=O)O.C[C@H](NC(=O)[C@H](COS(=O)(=O)O)CC(=O)CC[C@H](N)C(=O)O)C(=O)O.N[C@@H](CCC(=O)C[C@@H](CO)C(=O)N[C@@H](CSSC[C@H](CC(=O)[C@H](CO)NC(=O)CC[C@H](N)C(=O)O)C(=O)O)C(=O)O)C(=O)O. The standard InChI is InChI=1S/C24H38N4O14S2.C14H24N2O9S3.2C13H22N2O9S2.C12H20N2O10S.CH4/c25-14(22(37)38)2-1-13(31)5-11(7-29)20(34)28-17(24(41)42)10-44-43-9-12(21(35)36)6-18(32)16(8-30)27-19(33)4-3-15(26)23(39)40;1-8(17)10(15)3-4-13(19)16-11(6-25-28(22,23)24)12(18)5-9(14(20)21)7-27-26-2;1-7(16)11(5-24-26(21,22)23)15-12(18)8(6-25)4-9(17)2-3-10(14)13(19)20;1-7(16)11(6-25)15-12(18)8(5-24-26(21,22)23)4-9(17)2-3-10(14)13(19)20;1-6(11(17)18)14-10(16)7(5-24-25(21,22)23)4-8(15)2-3-9(13)12(19)20;/h11-12,14-17,29-30H,1-10,25-26H2,(H,27,33)(H,28,34)(H,35,36)(H,37,38)(H,39,40)(H,41,42);9-11H,3-7,15H2,1-2H3,(H,16,19)(H,20,21)(H,22,23,24);2*8,10-11,25H,2-6,14H2,1H3,(H,15,18)(H,19,20)(H,21,22,23);6-7,9H,2-5,13H2,1H3,(H,14,16)(H,17,18)(H,19,20)(H,21,22,23);1H4/t11-,12-,14-,15-,16-,17-;9-,10-,11-;2*8-,10-,11-;6-,7-,9-;/m00000./s1. The maximum Gasteiger partial charge on any atom is 0.397 e. The van der Waals surface area contributed by atoms with Crippen molar-refractivity contribution in [2.45, 2.75) is 223 Å². The molecule has 150 heavy (non-hydrogen) atoms. The zero-order valence-electron chi connectivity index (χ0n) is 79.9. The molecule has 0 aromatic heterocycles. The van der Waals surface area contributed by atoms with Crippen LogP contribution in [0.15, 0.2) is 0 Å². The average Bonchev–Trinajstić information content (AvgIpc) is 0.896. The van der Waals surface area contributed by atoms with E-state index in [2.05, 4.69) is 68.6 Å². The minimum atomic E-state index is -4.88. The van der Waals surface area contributed by atoms with Gasteiger partial charge in [-0.1, -0.05) is 50.6 Å². The zero-order chi connectivity index (χ0) is 117. The number of carbonyl (C=O) groups excluding carboxylic acids is 15. The summed E-state index contributed by atoms with van der Waals surface area (Å²) in [6.45, 7) is -0.384. The summed E-state index contributed by atoms with van der Waals surface area (Å²) < 4.78 is 136. The van der Waals surface area contributed by atoms with Crippen LogP contribution in [0.5, 0.6) is 0 Å². The van der Waals surface area contributed by atoms with Gasteiger partial charge in [0, 0.05) is 106 Å². The number of aliphatic hydroxyl groups is 2. The number of aliphatic carboxylic acids is 9. The molecule has 73 heteroatoms. The highest BCUT2D eigenvalue weighted by Crippen LogP contribution is 2.28. The van der Waals surface area contributed by atoms with Crippen molar-refractivity contribution in [2.75, 3.05) is 74.7 Å². The fourth-order valence-electron chi connectivity index (χ4n) is 10.3. The molecule has 18 atom stereocenters. The number of hydrogen-bond donors (Lipinski definition) is 29. The quantitative estimate of drug-likeness (QED) is 0.0116. The molecule has 63 nitrogen and oxygen atoms in total. The predicted octanol–water partition coefficient (Wildman–Crippen LogP) is -7.36. The lowest BCUT2D eigenvalue weighted by molar-refractivity contribution is -0.143. The summed E-state index contributed by atoms with van der Waals surface area (Å²) in [7, 11) is -15.1. The number of thiol groups is 2. The second kappa shape index (κ2) is 79.3. The fourth-order valence-corrected chi connectivity index (χ4v) is 16.1. The highest BCUT2D eigenvalue weighted by Gasteiger charge is 2.36. The Labute approximate surface area is 885 Å². The van der Waals surface area contributed by atoms with Gasteiger partial charge in [-0.15, -0.1) is 0 Å². The first-order valence-corrected chi connectivity index (χ1v) is 54.7. The van der Waals surface area contributed by atoms with Crippen molar-refractivity contribution in [2.24, 2.45) is 69.9 Å². The molecule has 864 valence electrons. The third-order valence-corrected chi connectivity index (χ3v) is 26.1. The Balaban J connectivity index is -0.000000440. The highest BCUT2D eigenvalue weighted by molar-refractivity contribution is 8.77. The topological polar surface area (TPSA) is 1110 Å². The van der Waals surface area contributed by atoms with Crippen molar-refractivity contribution in [3.8, 4) is 0 Å². The summed E-state index contributed by atoms with van der Waals surface area (Å²) in [5.74, 6) is -29.8. The molecular formula is C77H130N12O51S10. The van der Waals surface area contributed by atoms with E-state index in [1.165, 1.54) is 35.4 Å². The Morgan fingerprint density at radius 2 is 0.587 bits per heavy atom. The highest BCUT2D eigenvalue weighted by atomic mass is 33.1. The molecule has 0 heterocycles. The van der Waals surface area contributed by atoms with Gasteiger partial charge in [-0.3, -0.25) is 128 Å². The van der Waals surface area contributed by atoms with E-state index in [1.807, 2.05) is 5.32 Å². The van der Waals surface area contributed by atoms with Crippen molar-refractivity contribution in [3.05, 3.63) is 0 Å². The van der Waals surface area contributed by atoms with Gasteiger partial charge in [-0.05, 0) is 72.5 Å². The molecule has 0 aliphatic carbocycles. The number of hydrogen-bond acceptors (Lipinski definition) is 50. The Morgan fingerprint density at radius 3 is 0.893 bits per heavy atom. The molecule has 0 aromatic rings. The number of rotatable bonds is 78. The van der Waals surface area contributed by atoms with E-state index in [9.17, 15) is 174 Å². The molecule has 0 spiro atoms. The number of aliphatic hydroxyl groups excluding tert-OH is 2. The van der Waals surface area contributed by atoms with Crippen LogP contribution in [0.25, 0.3) is 0 Å². The van der Waals surface area contributed by atoms with Crippen molar-refractivity contribution < 1.29 is 240 Å². The van der Waals surface area contributed by atoms with Gasteiger partial charge in [-0.25, -0.2) is 21.5 Å². The van der Waals surface area contributed by atoms with Crippen LogP contribution < -0.4 is 66.3 Å². The Morgan fingerprint density at radius 1 is 0.300 bits per heavy atom. The molecule has 0 aliphatic rings. The van der Waals surface area contributed by atoms with E-state index in [0.29, 0.717) is 0 Å². The van der Waals surface area contributed by atoms with E-state index in [-0.39, 0.29) is 125 Å². The fraction of sp³-hybridized carbons (Fsp3) is 0.688. The number of carboxylic acid groups (broad SMARTS) is 9. The van der Waals surface area contributed by atoms with Crippen molar-refractivity contribution >= 4 is 251 Å². The molecule has 0 rings (SSSR count). The molecule has 0 unspecified atom stereocenters. The number of carboxylic acids is 9. The minimum Gasteiger partial charge on any atom is -0.481 e. The predicted molar refractivity (Wildman–Crippen MR) is 529 cm³/mol. The third-order valence-electron chi connectivity index (χ3n) is 19.2. The van der Waals surface area contributed by atoms with Crippen molar-refractivity contribution in [1.29, 1.82) is 0 Å². The number of carbonyl (C=O) groups is 24. The Hall–Kier alpha value is -9.66. The van der Waals surface area contributed by atoms with Gasteiger partial charge in [0.25, 0.3) is 0 Å². The minimum absolute atomic E-state index is 0. The normalized spacial score (nSPS) is 14.8. The molecule has 6 amide bonds. The summed E-state index contributed by atoms with van der Waals surface area (Å²) in [4.78, 5) is 278. The Bertz CT molecular complexity index is 4910. The summed E-state index contributed by atoms with van der Waals surface area (Å²) >= 11 is 7.86. The van der Waals surface area contributed by atoms with Crippen LogP contribution in [0.4, 0.5) is 0 Å². The number of ketones is 9. The molecule has 0 saturated heterocycles. The van der Waals surface area contributed by atoms with Crippen LogP contribution in [-0.2, 0) is 173 Å². The maximum atomic E-state index is 12.5. The van der Waals surface area contributed by atoms with E-state index >= 15 is 0 Å². The number of amides is 6. The number of Topliss-reactive ketones (excluding diaryl/α,β-unsaturated/α-hetero) is 9. The molecule has 0 radical (unpaired) electrons. The largest absolute Gasteiger partial charge is 0.481 e. The van der Waals surface area contributed by atoms with Gasteiger partial charge in [-0.2, -0.15) is 58.9 Å². The van der Waals surface area contributed by atoms with Crippen LogP contribution in [0.3, 0.4) is 0 Å². The van der Waals surface area contributed by atoms with Gasteiger partial charge in [0.1, 0.15) is 89.3 Å². The van der Waals surface area contributed by atoms with Crippen molar-refractivity contribution in [1.82, 2.24) is 31.9 Å². The van der Waals surface area contributed by atoms with Crippen LogP contribution >= 0.6 is 68.4 Å². The molecule has 33 N–H and O–H groups in total. The molecular weight excluding hydrogens is 2230 g/mol. The summed E-state index contributed by atoms with van der Waals surface area (Å²) in [5, 5.41) is 112. The van der Waals surface area contributed by atoms with Gasteiger partial charge < -0.3 is 122 Å². The van der Waals surface area contributed by atoms with Gasteiger partial charge in [0.05, 0.1) is 87.2 Å². The van der Waals surface area contributed by atoms with Gasteiger partial charge in [0.15, 0.2) is 23.1 Å². The van der Waals surface area contributed by atoms with Crippen molar-refractivity contribution in [3.63, 3.8) is 0 Å². The van der Waals surface area contributed by atoms with E-state index < -0.39 is 357 Å². The first-order chi connectivity index (χ1) is 68.5. The molecule has 0 aliphatic heterocycles. The lowest BCUT2D eigenvalue weighted by Gasteiger charge is -2.19. The summed E-state index contributed by atoms with van der Waals surface area (Å²) in [6.07, 6.45) is -3.58. The monoisotopic (exact) mass is 2360 g/mol. The van der Waals surface area contributed by atoms with Gasteiger partial charge >= 0.3 is 95.3 Å². The maximum absolute atomic E-state index is 12.5. The van der Waals surface area contributed by atoms with E-state index in [0.717, 1.165) is 35.4 Å². The van der Waals surface area contributed by atoms with Crippen LogP contribution in [0.1, 0.15) is 151 Å². The average molecular weight is 2360 g/mol. The summed E-state index contributed by atoms with van der Waals surface area (Å²) in [6, 6.07) is -15.3. The van der Waals surface area contributed by atoms with Crippen LogP contribution in [-0.4, -0.2) is 396 Å². The number of nitrogens with two attached hydrogens (primary N) is 6. The smallest absolute Gasteiger partial charge is 0.397 e. The first-order valence-electron chi connectivity index (χ1n) is 42.8. The number of nitrogens with one attached hydrogen (secondary N) is 6. The molecule has 0 aromatic carbocycles. The summed E-state index contributed by atoms with van der Waals surface area (Å²) in [5.41, 5.74) is 31.9. The second-order valence-corrected chi connectivity index (χ2v) is 41.8. The van der Waals surface area contributed by atoms with Crippen LogP contribution in [0, 0.1) is 35.5 Å². The molecule has 0 fully saturated rings. The van der Waals surface area contributed by atoms with E-state index in [4.69, 9.17) is 83.3 Å². The lowest BCUT2D eigenvalue weighted by atomic mass is 9.98.